The first-order valence-electron chi connectivity index (χ1n) is 8.46. The molecule has 24 heavy (non-hydrogen) atoms. The van der Waals surface area contributed by atoms with E-state index in [0.717, 1.165) is 25.0 Å². The minimum absolute atomic E-state index is 0.0270. The number of aromatic nitrogens is 2. The minimum Gasteiger partial charge on any atom is -0.389 e. The molecule has 0 fully saturated rings. The molecule has 0 spiro atoms. The van der Waals surface area contributed by atoms with Crippen molar-refractivity contribution in [2.75, 3.05) is 6.61 Å². The van der Waals surface area contributed by atoms with Gasteiger partial charge in [-0.05, 0) is 44.2 Å². The lowest BCUT2D eigenvalue weighted by Crippen LogP contribution is -2.31. The molecule has 1 heterocycles. The van der Waals surface area contributed by atoms with Crippen LogP contribution < -0.4 is 5.56 Å². The third kappa shape index (κ3) is 3.57. The van der Waals surface area contributed by atoms with Crippen molar-refractivity contribution in [1.82, 2.24) is 9.55 Å². The van der Waals surface area contributed by atoms with Gasteiger partial charge in [0.2, 0.25) is 0 Å². The molecule has 5 nitrogen and oxygen atoms in total. The molecule has 2 atom stereocenters. The molecule has 1 aromatic heterocycles. The molecule has 0 radical (unpaired) electrons. The van der Waals surface area contributed by atoms with Gasteiger partial charge in [-0.2, -0.15) is 0 Å². The van der Waals surface area contributed by atoms with Gasteiger partial charge in [0, 0.05) is 11.3 Å². The van der Waals surface area contributed by atoms with E-state index >= 15 is 0 Å². The maximum atomic E-state index is 12.2. The van der Waals surface area contributed by atoms with Crippen molar-refractivity contribution < 1.29 is 9.84 Å². The van der Waals surface area contributed by atoms with Crippen molar-refractivity contribution in [1.29, 1.82) is 0 Å². The first kappa shape index (κ1) is 16.9. The summed E-state index contributed by atoms with van der Waals surface area (Å²) in [6.45, 7) is 3.96. The fourth-order valence-electron chi connectivity index (χ4n) is 3.20. The Bertz CT molecular complexity index is 769. The molecule has 0 saturated heterocycles. The van der Waals surface area contributed by atoms with Gasteiger partial charge in [0.25, 0.3) is 5.56 Å². The Balaban J connectivity index is 1.62. The molecule has 0 aliphatic heterocycles. The van der Waals surface area contributed by atoms with Gasteiger partial charge in [-0.25, -0.2) is 4.98 Å². The van der Waals surface area contributed by atoms with Crippen molar-refractivity contribution in [3.63, 3.8) is 0 Å². The van der Waals surface area contributed by atoms with Crippen LogP contribution in [0.3, 0.4) is 0 Å². The van der Waals surface area contributed by atoms with E-state index in [9.17, 15) is 9.90 Å². The van der Waals surface area contributed by atoms with Gasteiger partial charge >= 0.3 is 0 Å². The summed E-state index contributed by atoms with van der Waals surface area (Å²) < 4.78 is 7.40. The molecule has 0 bridgehead atoms. The highest BCUT2D eigenvalue weighted by molar-refractivity contribution is 5.31. The van der Waals surface area contributed by atoms with E-state index in [0.29, 0.717) is 5.56 Å². The molecule has 1 aliphatic carbocycles. The molecule has 3 rings (SSSR count). The standard InChI is InChI=1S/C19H24N2O3/c1-13-14(2)20-12-21(19(13)23)10-16(22)11-24-18-9-5-7-15-6-3-4-8-17(15)18/h3-4,6,8,12,16,18,22H,5,7,9-11H2,1-2H3/t16-,18+/m0/s1. The number of rotatable bonds is 5. The number of hydrogen-bond acceptors (Lipinski definition) is 4. The van der Waals surface area contributed by atoms with Crippen LogP contribution in [0.1, 0.15) is 41.3 Å². The summed E-state index contributed by atoms with van der Waals surface area (Å²) in [5.74, 6) is 0. The maximum absolute atomic E-state index is 12.2. The van der Waals surface area contributed by atoms with Crippen LogP contribution in [0.5, 0.6) is 0 Å². The molecular weight excluding hydrogens is 304 g/mol. The zero-order chi connectivity index (χ0) is 17.1. The largest absolute Gasteiger partial charge is 0.389 e. The molecule has 1 N–H and O–H groups in total. The Kier molecular flexibility index (Phi) is 5.11. The Morgan fingerprint density at radius 1 is 1.38 bits per heavy atom. The van der Waals surface area contributed by atoms with Crippen LogP contribution in [-0.4, -0.2) is 27.4 Å². The van der Waals surface area contributed by atoms with Crippen molar-refractivity contribution in [2.24, 2.45) is 0 Å². The number of aliphatic hydroxyl groups excluding tert-OH is 1. The predicted octanol–water partition coefficient (Wildman–Crippen LogP) is 2.32. The molecular formula is C19H24N2O3. The zero-order valence-electron chi connectivity index (χ0n) is 14.2. The molecule has 5 heteroatoms. The summed E-state index contributed by atoms with van der Waals surface area (Å²) in [7, 11) is 0. The van der Waals surface area contributed by atoms with E-state index in [-0.39, 0.29) is 24.8 Å². The van der Waals surface area contributed by atoms with Crippen LogP contribution in [0.25, 0.3) is 0 Å². The lowest BCUT2D eigenvalue weighted by molar-refractivity contribution is -0.0229. The van der Waals surface area contributed by atoms with Crippen LogP contribution in [0.2, 0.25) is 0 Å². The number of hydrogen-bond donors (Lipinski definition) is 1. The second-order valence-electron chi connectivity index (χ2n) is 6.48. The van der Waals surface area contributed by atoms with Crippen molar-refractivity contribution >= 4 is 0 Å². The van der Waals surface area contributed by atoms with Crippen molar-refractivity contribution in [2.45, 2.75) is 51.9 Å². The molecule has 2 aromatic rings. The monoisotopic (exact) mass is 328 g/mol. The maximum Gasteiger partial charge on any atom is 0.256 e. The molecule has 128 valence electrons. The van der Waals surface area contributed by atoms with E-state index in [4.69, 9.17) is 4.74 Å². The fourth-order valence-corrected chi connectivity index (χ4v) is 3.20. The molecule has 1 aromatic carbocycles. The summed E-state index contributed by atoms with van der Waals surface area (Å²) in [4.78, 5) is 16.3. The number of benzene rings is 1. The van der Waals surface area contributed by atoms with Gasteiger partial charge in [-0.15, -0.1) is 0 Å². The lowest BCUT2D eigenvalue weighted by Gasteiger charge is -2.26. The Morgan fingerprint density at radius 2 is 2.17 bits per heavy atom. The Hall–Kier alpha value is -1.98. The van der Waals surface area contributed by atoms with E-state index in [1.807, 2.05) is 6.07 Å². The highest BCUT2D eigenvalue weighted by Crippen LogP contribution is 2.32. The average molecular weight is 328 g/mol. The van der Waals surface area contributed by atoms with E-state index in [2.05, 4.69) is 23.2 Å². The van der Waals surface area contributed by atoms with Crippen LogP contribution >= 0.6 is 0 Å². The lowest BCUT2D eigenvalue weighted by atomic mass is 9.89. The van der Waals surface area contributed by atoms with Gasteiger partial charge in [0.1, 0.15) is 0 Å². The third-order valence-corrected chi connectivity index (χ3v) is 4.73. The normalized spacial score (nSPS) is 18.2. The second kappa shape index (κ2) is 7.28. The number of nitrogens with zero attached hydrogens (tertiary/aromatic N) is 2. The van der Waals surface area contributed by atoms with Gasteiger partial charge in [0.15, 0.2) is 0 Å². The SMILES string of the molecule is Cc1ncn(C[C@H](O)CO[C@@H]2CCCc3ccccc32)c(=O)c1C. The number of ether oxygens (including phenoxy) is 1. The highest BCUT2D eigenvalue weighted by atomic mass is 16.5. The summed E-state index contributed by atoms with van der Waals surface area (Å²) >= 11 is 0. The summed E-state index contributed by atoms with van der Waals surface area (Å²) in [6.07, 6.45) is 3.93. The van der Waals surface area contributed by atoms with Crippen LogP contribution in [0.15, 0.2) is 35.4 Å². The first-order chi connectivity index (χ1) is 11.6. The number of aryl methyl sites for hydroxylation is 2. The molecule has 0 saturated carbocycles. The first-order valence-corrected chi connectivity index (χ1v) is 8.46. The highest BCUT2D eigenvalue weighted by Gasteiger charge is 2.21. The van der Waals surface area contributed by atoms with Crippen LogP contribution in [-0.2, 0) is 17.7 Å². The number of fused-ring (bicyclic) bond motifs is 1. The van der Waals surface area contributed by atoms with Gasteiger partial charge in [-0.3, -0.25) is 9.36 Å². The zero-order valence-corrected chi connectivity index (χ0v) is 14.2. The average Bonchev–Trinajstić information content (AvgIpc) is 2.60. The molecule has 0 amide bonds. The second-order valence-corrected chi connectivity index (χ2v) is 6.48. The van der Waals surface area contributed by atoms with Crippen LogP contribution in [0.4, 0.5) is 0 Å². The quantitative estimate of drug-likeness (QED) is 0.915. The van der Waals surface area contributed by atoms with Gasteiger partial charge in [0.05, 0.1) is 31.7 Å². The topological polar surface area (TPSA) is 64.3 Å². The summed E-state index contributed by atoms with van der Waals surface area (Å²) in [5.41, 5.74) is 3.79. The molecule has 0 unspecified atom stereocenters. The predicted molar refractivity (Wildman–Crippen MR) is 92.1 cm³/mol. The molecule has 1 aliphatic rings. The third-order valence-electron chi connectivity index (χ3n) is 4.73. The minimum atomic E-state index is -0.735. The van der Waals surface area contributed by atoms with Crippen molar-refractivity contribution in [3.05, 3.63) is 63.3 Å². The van der Waals surface area contributed by atoms with Crippen LogP contribution in [0, 0.1) is 13.8 Å². The smallest absolute Gasteiger partial charge is 0.256 e. The van der Waals surface area contributed by atoms with E-state index in [1.54, 1.807) is 13.8 Å². The Morgan fingerprint density at radius 3 is 3.00 bits per heavy atom. The fraction of sp³-hybridized carbons (Fsp3) is 0.474. The van der Waals surface area contributed by atoms with E-state index in [1.165, 1.54) is 22.0 Å². The van der Waals surface area contributed by atoms with Gasteiger partial charge in [-0.1, -0.05) is 24.3 Å². The summed E-state index contributed by atoms with van der Waals surface area (Å²) in [5, 5.41) is 10.3. The van der Waals surface area contributed by atoms with Crippen molar-refractivity contribution in [3.8, 4) is 0 Å². The summed E-state index contributed by atoms with van der Waals surface area (Å²) in [6, 6.07) is 8.32. The van der Waals surface area contributed by atoms with E-state index < -0.39 is 6.10 Å². The number of aliphatic hydroxyl groups is 1. The van der Waals surface area contributed by atoms with Gasteiger partial charge < -0.3 is 9.84 Å². The Labute approximate surface area is 141 Å².